The van der Waals surface area contributed by atoms with Crippen LogP contribution in [0.15, 0.2) is 12.1 Å². The first kappa shape index (κ1) is 16.3. The van der Waals surface area contributed by atoms with E-state index in [0.29, 0.717) is 23.7 Å². The summed E-state index contributed by atoms with van der Waals surface area (Å²) >= 11 is 0. The molecule has 0 bridgehead atoms. The number of carbonyl (C=O) groups is 1. The van der Waals surface area contributed by atoms with Crippen molar-refractivity contribution < 1.29 is 23.7 Å². The highest BCUT2D eigenvalue weighted by atomic mass is 16.7. The van der Waals surface area contributed by atoms with Crippen LogP contribution in [0.2, 0.25) is 0 Å². The molecule has 2 unspecified atom stereocenters. The van der Waals surface area contributed by atoms with Gasteiger partial charge in [-0.15, -0.1) is 0 Å². The van der Waals surface area contributed by atoms with Crippen LogP contribution in [0.1, 0.15) is 54.4 Å². The van der Waals surface area contributed by atoms with E-state index in [0.717, 1.165) is 57.0 Å². The van der Waals surface area contributed by atoms with E-state index in [-0.39, 0.29) is 12.6 Å². The standard InChI is InChI=1S/C18H24O5/c1-13-15(22-16-6-2-4-10-20-16)9-8-14(12-19)18(13)23-17-7-3-5-11-21-17/h8-9,12,16-17H,2-7,10-11H2,1H3. The summed E-state index contributed by atoms with van der Waals surface area (Å²) in [5.41, 5.74) is 1.34. The zero-order valence-corrected chi connectivity index (χ0v) is 13.6. The van der Waals surface area contributed by atoms with Crippen molar-refractivity contribution in [1.29, 1.82) is 0 Å². The Hall–Kier alpha value is -1.59. The molecule has 1 aromatic rings. The largest absolute Gasteiger partial charge is 0.465 e. The van der Waals surface area contributed by atoms with Gasteiger partial charge in [-0.25, -0.2) is 0 Å². The summed E-state index contributed by atoms with van der Waals surface area (Å²) in [6, 6.07) is 3.54. The summed E-state index contributed by atoms with van der Waals surface area (Å²) in [6.45, 7) is 3.34. The number of carbonyl (C=O) groups excluding carboxylic acids is 1. The number of ether oxygens (including phenoxy) is 4. The predicted octanol–water partition coefficient (Wildman–Crippen LogP) is 3.62. The third kappa shape index (κ3) is 4.03. The Morgan fingerprint density at radius 1 is 1.00 bits per heavy atom. The van der Waals surface area contributed by atoms with Crippen molar-refractivity contribution in [2.75, 3.05) is 13.2 Å². The number of hydrogen-bond acceptors (Lipinski definition) is 5. The lowest BCUT2D eigenvalue weighted by Gasteiger charge is -2.27. The Balaban J connectivity index is 1.77. The fourth-order valence-corrected chi connectivity index (χ4v) is 2.95. The third-order valence-electron chi connectivity index (χ3n) is 4.30. The highest BCUT2D eigenvalue weighted by Gasteiger charge is 2.22. The monoisotopic (exact) mass is 320 g/mol. The van der Waals surface area contributed by atoms with E-state index in [4.69, 9.17) is 18.9 Å². The first-order chi connectivity index (χ1) is 11.3. The quantitative estimate of drug-likeness (QED) is 0.776. The van der Waals surface area contributed by atoms with Gasteiger partial charge in [0.2, 0.25) is 0 Å². The SMILES string of the molecule is Cc1c(OC2CCCCO2)ccc(C=O)c1OC1CCCCO1. The van der Waals surface area contributed by atoms with Crippen molar-refractivity contribution in [2.45, 2.75) is 58.0 Å². The Bertz CT molecular complexity index is 530. The Kier molecular flexibility index (Phi) is 5.51. The van der Waals surface area contributed by atoms with Gasteiger partial charge in [0.25, 0.3) is 0 Å². The topological polar surface area (TPSA) is 54.0 Å². The van der Waals surface area contributed by atoms with E-state index in [1.54, 1.807) is 6.07 Å². The molecular weight excluding hydrogens is 296 g/mol. The molecule has 23 heavy (non-hydrogen) atoms. The fraction of sp³-hybridized carbons (Fsp3) is 0.611. The van der Waals surface area contributed by atoms with E-state index in [1.807, 2.05) is 13.0 Å². The zero-order chi connectivity index (χ0) is 16.1. The van der Waals surface area contributed by atoms with Crippen LogP contribution in [0.25, 0.3) is 0 Å². The molecule has 0 aliphatic carbocycles. The molecule has 0 amide bonds. The molecule has 0 radical (unpaired) electrons. The van der Waals surface area contributed by atoms with Crippen LogP contribution in [0.4, 0.5) is 0 Å². The molecule has 2 heterocycles. The van der Waals surface area contributed by atoms with Crippen LogP contribution in [-0.4, -0.2) is 32.1 Å². The molecule has 2 fully saturated rings. The molecular formula is C18H24O5. The summed E-state index contributed by atoms with van der Waals surface area (Å²) in [4.78, 5) is 11.3. The summed E-state index contributed by atoms with van der Waals surface area (Å²) in [6.07, 6.45) is 6.35. The smallest absolute Gasteiger partial charge is 0.199 e. The first-order valence-electron chi connectivity index (χ1n) is 8.43. The number of hydrogen-bond donors (Lipinski definition) is 0. The van der Waals surface area contributed by atoms with Crippen LogP contribution in [-0.2, 0) is 9.47 Å². The number of aldehydes is 1. The molecule has 0 N–H and O–H groups in total. The minimum Gasteiger partial charge on any atom is -0.465 e. The molecule has 2 atom stereocenters. The van der Waals surface area contributed by atoms with Crippen molar-refractivity contribution in [3.63, 3.8) is 0 Å². The van der Waals surface area contributed by atoms with Crippen LogP contribution in [0, 0.1) is 6.92 Å². The average Bonchev–Trinajstić information content (AvgIpc) is 2.60. The molecule has 2 saturated heterocycles. The van der Waals surface area contributed by atoms with Gasteiger partial charge < -0.3 is 18.9 Å². The number of rotatable bonds is 5. The molecule has 0 spiro atoms. The van der Waals surface area contributed by atoms with Crippen molar-refractivity contribution in [2.24, 2.45) is 0 Å². The van der Waals surface area contributed by atoms with Crippen LogP contribution < -0.4 is 9.47 Å². The molecule has 1 aromatic carbocycles. The average molecular weight is 320 g/mol. The van der Waals surface area contributed by atoms with Gasteiger partial charge in [-0.1, -0.05) is 0 Å². The van der Waals surface area contributed by atoms with Crippen molar-refractivity contribution in [3.05, 3.63) is 23.3 Å². The second kappa shape index (κ2) is 7.79. The van der Waals surface area contributed by atoms with Crippen molar-refractivity contribution >= 4 is 6.29 Å². The third-order valence-corrected chi connectivity index (χ3v) is 4.30. The second-order valence-electron chi connectivity index (χ2n) is 6.05. The summed E-state index contributed by atoms with van der Waals surface area (Å²) < 4.78 is 23.2. The normalized spacial score (nSPS) is 24.9. The van der Waals surface area contributed by atoms with Gasteiger partial charge in [0.1, 0.15) is 11.5 Å². The van der Waals surface area contributed by atoms with Crippen LogP contribution in [0.5, 0.6) is 11.5 Å². The number of benzene rings is 1. The van der Waals surface area contributed by atoms with Gasteiger partial charge in [0.05, 0.1) is 18.8 Å². The van der Waals surface area contributed by atoms with Gasteiger partial charge >= 0.3 is 0 Å². The lowest BCUT2D eigenvalue weighted by Crippen LogP contribution is -2.27. The lowest BCUT2D eigenvalue weighted by molar-refractivity contribution is -0.109. The first-order valence-corrected chi connectivity index (χ1v) is 8.43. The van der Waals surface area contributed by atoms with Crippen molar-refractivity contribution in [1.82, 2.24) is 0 Å². The molecule has 0 saturated carbocycles. The maximum Gasteiger partial charge on any atom is 0.199 e. The van der Waals surface area contributed by atoms with Gasteiger partial charge in [-0.2, -0.15) is 0 Å². The van der Waals surface area contributed by atoms with Crippen molar-refractivity contribution in [3.8, 4) is 11.5 Å². The van der Waals surface area contributed by atoms with E-state index < -0.39 is 0 Å². The summed E-state index contributed by atoms with van der Waals surface area (Å²) in [5, 5.41) is 0. The Labute approximate surface area is 136 Å². The minimum absolute atomic E-state index is 0.219. The molecule has 3 rings (SSSR count). The Morgan fingerprint density at radius 3 is 2.22 bits per heavy atom. The second-order valence-corrected chi connectivity index (χ2v) is 6.05. The molecule has 126 valence electrons. The molecule has 2 aliphatic heterocycles. The Morgan fingerprint density at radius 2 is 1.65 bits per heavy atom. The fourth-order valence-electron chi connectivity index (χ4n) is 2.95. The molecule has 2 aliphatic rings. The predicted molar refractivity (Wildman–Crippen MR) is 85.0 cm³/mol. The zero-order valence-electron chi connectivity index (χ0n) is 13.6. The maximum atomic E-state index is 11.3. The highest BCUT2D eigenvalue weighted by molar-refractivity contribution is 5.81. The van der Waals surface area contributed by atoms with Gasteiger partial charge in [0, 0.05) is 18.4 Å². The van der Waals surface area contributed by atoms with E-state index >= 15 is 0 Å². The van der Waals surface area contributed by atoms with Crippen LogP contribution >= 0.6 is 0 Å². The van der Waals surface area contributed by atoms with Crippen LogP contribution in [0.3, 0.4) is 0 Å². The van der Waals surface area contributed by atoms with E-state index in [2.05, 4.69) is 0 Å². The van der Waals surface area contributed by atoms with Gasteiger partial charge in [0.15, 0.2) is 18.9 Å². The minimum atomic E-state index is -0.290. The molecule has 0 aromatic heterocycles. The van der Waals surface area contributed by atoms with E-state index in [1.165, 1.54) is 0 Å². The lowest BCUT2D eigenvalue weighted by atomic mass is 10.1. The molecule has 5 nitrogen and oxygen atoms in total. The summed E-state index contributed by atoms with van der Waals surface area (Å²) in [5.74, 6) is 1.26. The maximum absolute atomic E-state index is 11.3. The molecule has 5 heteroatoms. The van der Waals surface area contributed by atoms with Gasteiger partial charge in [-0.3, -0.25) is 4.79 Å². The highest BCUT2D eigenvalue weighted by Crippen LogP contribution is 2.34. The van der Waals surface area contributed by atoms with Gasteiger partial charge in [-0.05, 0) is 44.7 Å². The van der Waals surface area contributed by atoms with E-state index in [9.17, 15) is 4.79 Å². The summed E-state index contributed by atoms with van der Waals surface area (Å²) in [7, 11) is 0.